The van der Waals surface area contributed by atoms with Gasteiger partial charge in [-0.05, 0) is 17.7 Å². The Balaban J connectivity index is 2.68. The molecule has 0 aliphatic carbocycles. The summed E-state index contributed by atoms with van der Waals surface area (Å²) in [5.41, 5.74) is 0.255. The second-order valence-electron chi connectivity index (χ2n) is 3.93. The van der Waals surface area contributed by atoms with Gasteiger partial charge >= 0.3 is 12.3 Å². The number of ether oxygens (including phenoxy) is 1. The predicted octanol–water partition coefficient (Wildman–Crippen LogP) is 1.97. The number of carbonyl (C=O) groups is 1. The van der Waals surface area contributed by atoms with E-state index in [1.807, 2.05) is 0 Å². The lowest BCUT2D eigenvalue weighted by molar-refractivity contribution is -0.274. The van der Waals surface area contributed by atoms with Crippen LogP contribution in [-0.2, 0) is 20.4 Å². The van der Waals surface area contributed by atoms with Crippen LogP contribution in [0.4, 0.5) is 13.2 Å². The van der Waals surface area contributed by atoms with Crippen LogP contribution in [0.1, 0.15) is 12.0 Å². The van der Waals surface area contributed by atoms with Crippen LogP contribution in [0, 0.1) is 0 Å². The highest BCUT2D eigenvalue weighted by Gasteiger charge is 2.31. The lowest BCUT2D eigenvalue weighted by atomic mass is 10.2. The number of sulfone groups is 1. The highest BCUT2D eigenvalue weighted by Crippen LogP contribution is 2.23. The third-order valence-electron chi connectivity index (χ3n) is 2.17. The van der Waals surface area contributed by atoms with Gasteiger partial charge < -0.3 is 9.84 Å². The summed E-state index contributed by atoms with van der Waals surface area (Å²) >= 11 is 0. The minimum absolute atomic E-state index is 0.255. The highest BCUT2D eigenvalue weighted by molar-refractivity contribution is 7.90. The number of rotatable bonds is 6. The second-order valence-corrected chi connectivity index (χ2v) is 6.11. The largest absolute Gasteiger partial charge is 0.573 e. The van der Waals surface area contributed by atoms with Crippen LogP contribution in [0.5, 0.6) is 5.75 Å². The summed E-state index contributed by atoms with van der Waals surface area (Å²) in [7, 11) is -3.62. The van der Waals surface area contributed by atoms with E-state index in [-0.39, 0.29) is 5.56 Å². The third-order valence-corrected chi connectivity index (χ3v) is 3.77. The van der Waals surface area contributed by atoms with Crippen molar-refractivity contribution in [1.29, 1.82) is 0 Å². The molecule has 0 aromatic heterocycles. The molecule has 5 nitrogen and oxygen atoms in total. The van der Waals surface area contributed by atoms with Crippen LogP contribution in [0.2, 0.25) is 0 Å². The molecule has 0 radical (unpaired) electrons. The van der Waals surface area contributed by atoms with Gasteiger partial charge in [0.05, 0.1) is 17.9 Å². The Morgan fingerprint density at radius 1 is 1.20 bits per heavy atom. The van der Waals surface area contributed by atoms with E-state index in [9.17, 15) is 26.4 Å². The molecule has 0 fully saturated rings. The number of alkyl halides is 3. The van der Waals surface area contributed by atoms with Crippen molar-refractivity contribution in [1.82, 2.24) is 0 Å². The SMILES string of the molecule is O=C(O)CCS(=O)(=O)Cc1ccc(OC(F)(F)F)cc1. The van der Waals surface area contributed by atoms with E-state index >= 15 is 0 Å². The van der Waals surface area contributed by atoms with Crippen LogP contribution in [0.25, 0.3) is 0 Å². The van der Waals surface area contributed by atoms with Crippen molar-refractivity contribution in [3.8, 4) is 5.75 Å². The third kappa shape index (κ3) is 6.41. The maximum atomic E-state index is 11.9. The molecule has 0 aliphatic heterocycles. The molecule has 0 unspecified atom stereocenters. The molecule has 0 spiro atoms. The molecule has 0 atom stereocenters. The molecule has 9 heteroatoms. The minimum atomic E-state index is -4.81. The zero-order chi connectivity index (χ0) is 15.4. The Hall–Kier alpha value is -1.77. The number of benzene rings is 1. The first-order valence-corrected chi connectivity index (χ1v) is 7.16. The van der Waals surface area contributed by atoms with E-state index in [4.69, 9.17) is 5.11 Å². The first-order chi connectivity index (χ1) is 9.07. The fourth-order valence-electron chi connectivity index (χ4n) is 1.36. The van der Waals surface area contributed by atoms with Crippen molar-refractivity contribution < 1.29 is 36.2 Å². The molecule has 0 amide bonds. The van der Waals surface area contributed by atoms with Crippen molar-refractivity contribution in [3.05, 3.63) is 29.8 Å². The number of carboxylic acid groups (broad SMARTS) is 1. The first kappa shape index (κ1) is 16.3. The summed E-state index contributed by atoms with van der Waals surface area (Å²) in [6.07, 6.45) is -5.33. The first-order valence-electron chi connectivity index (χ1n) is 5.34. The van der Waals surface area contributed by atoms with Gasteiger partial charge in [-0.25, -0.2) is 8.42 Å². The number of carboxylic acids is 1. The number of halogens is 3. The van der Waals surface area contributed by atoms with Crippen LogP contribution in [0.3, 0.4) is 0 Å². The lowest BCUT2D eigenvalue weighted by Gasteiger charge is -2.09. The maximum Gasteiger partial charge on any atom is 0.573 e. The molecule has 0 bridgehead atoms. The van der Waals surface area contributed by atoms with Crippen LogP contribution in [0.15, 0.2) is 24.3 Å². The standard InChI is InChI=1S/C11H11F3O5S/c12-11(13,14)19-9-3-1-8(2-4-9)7-20(17,18)6-5-10(15)16/h1-4H,5-7H2,(H,15,16). The Morgan fingerprint density at radius 3 is 2.20 bits per heavy atom. The fourth-order valence-corrected chi connectivity index (χ4v) is 2.69. The Labute approximate surface area is 112 Å². The Morgan fingerprint density at radius 2 is 1.75 bits per heavy atom. The molecule has 0 heterocycles. The van der Waals surface area contributed by atoms with E-state index in [1.54, 1.807) is 0 Å². The minimum Gasteiger partial charge on any atom is -0.481 e. The molecule has 1 rings (SSSR count). The van der Waals surface area contributed by atoms with Gasteiger partial charge in [-0.2, -0.15) is 0 Å². The lowest BCUT2D eigenvalue weighted by Crippen LogP contribution is -2.17. The Bertz CT molecular complexity index is 563. The summed E-state index contributed by atoms with van der Waals surface area (Å²) in [5, 5.41) is 8.40. The van der Waals surface area contributed by atoms with Crippen molar-refractivity contribution in [2.24, 2.45) is 0 Å². The van der Waals surface area contributed by atoms with Crippen LogP contribution >= 0.6 is 0 Å². The summed E-state index contributed by atoms with van der Waals surface area (Å²) in [6, 6.07) is 4.35. The van der Waals surface area contributed by atoms with Gasteiger partial charge in [-0.1, -0.05) is 12.1 Å². The molecular weight excluding hydrogens is 301 g/mol. The zero-order valence-corrected chi connectivity index (χ0v) is 10.9. The molecule has 0 saturated heterocycles. The van der Waals surface area contributed by atoms with Gasteiger partial charge in [-0.15, -0.1) is 13.2 Å². The van der Waals surface area contributed by atoms with E-state index in [2.05, 4.69) is 4.74 Å². The molecule has 1 N–H and O–H groups in total. The number of hydrogen-bond acceptors (Lipinski definition) is 4. The number of hydrogen-bond donors (Lipinski definition) is 1. The summed E-state index contributed by atoms with van der Waals surface area (Å²) < 4.78 is 62.5. The summed E-state index contributed by atoms with van der Waals surface area (Å²) in [6.45, 7) is 0. The molecule has 0 saturated carbocycles. The van der Waals surface area contributed by atoms with Gasteiger partial charge in [-0.3, -0.25) is 4.79 Å². The topological polar surface area (TPSA) is 80.7 Å². The maximum absolute atomic E-state index is 11.9. The van der Waals surface area contributed by atoms with E-state index in [1.165, 1.54) is 12.1 Å². The number of aliphatic carboxylic acids is 1. The Kier molecular flexibility index (Phi) is 4.98. The van der Waals surface area contributed by atoms with Gasteiger partial charge in [0.2, 0.25) is 0 Å². The fraction of sp³-hybridized carbons (Fsp3) is 0.364. The summed E-state index contributed by atoms with van der Waals surface area (Å²) in [4.78, 5) is 10.3. The van der Waals surface area contributed by atoms with Crippen molar-refractivity contribution >= 4 is 15.8 Å². The average Bonchev–Trinajstić information content (AvgIpc) is 2.27. The predicted molar refractivity (Wildman–Crippen MR) is 62.9 cm³/mol. The van der Waals surface area contributed by atoms with Crippen LogP contribution < -0.4 is 4.74 Å². The molecule has 112 valence electrons. The van der Waals surface area contributed by atoms with Crippen LogP contribution in [-0.4, -0.2) is 31.6 Å². The smallest absolute Gasteiger partial charge is 0.481 e. The van der Waals surface area contributed by atoms with Gasteiger partial charge in [0.15, 0.2) is 9.84 Å². The highest BCUT2D eigenvalue weighted by atomic mass is 32.2. The molecule has 1 aromatic carbocycles. The second kappa shape index (κ2) is 6.12. The van der Waals surface area contributed by atoms with E-state index < -0.39 is 45.8 Å². The van der Waals surface area contributed by atoms with Gasteiger partial charge in [0.1, 0.15) is 5.75 Å². The van der Waals surface area contributed by atoms with E-state index in [0.29, 0.717) is 0 Å². The summed E-state index contributed by atoms with van der Waals surface area (Å²) in [5.74, 6) is -2.65. The van der Waals surface area contributed by atoms with Gasteiger partial charge in [0, 0.05) is 0 Å². The molecule has 1 aromatic rings. The molecule has 0 aliphatic rings. The zero-order valence-electron chi connectivity index (χ0n) is 10.1. The quantitative estimate of drug-likeness (QED) is 0.868. The van der Waals surface area contributed by atoms with Crippen molar-refractivity contribution in [2.75, 3.05) is 5.75 Å². The van der Waals surface area contributed by atoms with Gasteiger partial charge in [0.25, 0.3) is 0 Å². The van der Waals surface area contributed by atoms with Crippen molar-refractivity contribution in [3.63, 3.8) is 0 Å². The van der Waals surface area contributed by atoms with Crippen molar-refractivity contribution in [2.45, 2.75) is 18.5 Å². The molecule has 20 heavy (non-hydrogen) atoms. The van der Waals surface area contributed by atoms with E-state index in [0.717, 1.165) is 12.1 Å². The monoisotopic (exact) mass is 312 g/mol. The average molecular weight is 312 g/mol. The molecular formula is C11H11F3O5S. The normalized spacial score (nSPS) is 12.2.